The zero-order chi connectivity index (χ0) is 20.7. The molecule has 5 nitrogen and oxygen atoms in total. The van der Waals surface area contributed by atoms with Crippen molar-refractivity contribution in [1.82, 2.24) is 9.97 Å². The number of nitrogens with two attached hydrogens (primary N) is 1. The first kappa shape index (κ1) is 21.0. The monoisotopic (exact) mass is 389 g/mol. The first-order chi connectivity index (χ1) is 13.2. The minimum atomic E-state index is -4.54. The van der Waals surface area contributed by atoms with Crippen LogP contribution in [-0.4, -0.2) is 22.2 Å². The van der Waals surface area contributed by atoms with Gasteiger partial charge in [0.1, 0.15) is 11.6 Å². The van der Waals surface area contributed by atoms with E-state index in [4.69, 9.17) is 5.73 Å². The van der Waals surface area contributed by atoms with Crippen molar-refractivity contribution in [3.8, 4) is 11.4 Å². The van der Waals surface area contributed by atoms with Gasteiger partial charge in [0.15, 0.2) is 5.82 Å². The summed E-state index contributed by atoms with van der Waals surface area (Å²) in [6.07, 6.45) is -1.24. The summed E-state index contributed by atoms with van der Waals surface area (Å²) in [7, 11) is 0. The van der Waals surface area contributed by atoms with Gasteiger partial charge in [-0.15, -0.1) is 0 Å². The number of halogens is 3. The predicted octanol–water partition coefficient (Wildman–Crippen LogP) is 4.85. The van der Waals surface area contributed by atoms with Crippen LogP contribution in [0.1, 0.15) is 13.8 Å². The number of hydrogen-bond acceptors (Lipinski definition) is 5. The van der Waals surface area contributed by atoms with E-state index in [9.17, 15) is 13.2 Å². The van der Waals surface area contributed by atoms with Crippen LogP contribution < -0.4 is 16.4 Å². The second kappa shape index (κ2) is 9.07. The Morgan fingerprint density at radius 3 is 2.36 bits per heavy atom. The number of anilines is 2. The Morgan fingerprint density at radius 1 is 1.14 bits per heavy atom. The lowest BCUT2D eigenvalue weighted by atomic mass is 10.2. The second-order valence-electron chi connectivity index (χ2n) is 6.23. The zero-order valence-corrected chi connectivity index (χ0v) is 15.6. The van der Waals surface area contributed by atoms with Gasteiger partial charge in [-0.3, -0.25) is 0 Å². The normalized spacial score (nSPS) is 12.4. The molecule has 0 aliphatic heterocycles. The van der Waals surface area contributed by atoms with E-state index in [1.54, 1.807) is 6.07 Å². The van der Waals surface area contributed by atoms with Gasteiger partial charge >= 0.3 is 6.18 Å². The maximum Gasteiger partial charge on any atom is 0.415 e. The summed E-state index contributed by atoms with van der Waals surface area (Å²) in [5, 5.41) is 6.02. The van der Waals surface area contributed by atoms with Gasteiger partial charge < -0.3 is 16.4 Å². The Labute approximate surface area is 161 Å². The van der Waals surface area contributed by atoms with Gasteiger partial charge in [-0.05, 0) is 32.2 Å². The number of benzene rings is 1. The van der Waals surface area contributed by atoms with Crippen LogP contribution in [0.25, 0.3) is 11.4 Å². The van der Waals surface area contributed by atoms with Crippen molar-refractivity contribution in [3.05, 3.63) is 72.6 Å². The third-order valence-corrected chi connectivity index (χ3v) is 3.44. The Balaban J connectivity index is 2.44. The maximum atomic E-state index is 12.8. The van der Waals surface area contributed by atoms with Gasteiger partial charge in [-0.2, -0.15) is 13.2 Å². The Morgan fingerprint density at radius 2 is 1.79 bits per heavy atom. The molecule has 1 aromatic heterocycles. The number of nitrogens with one attached hydrogen (secondary N) is 2. The minimum absolute atomic E-state index is 0.0954. The number of hydrogen-bond donors (Lipinski definition) is 3. The molecule has 0 spiro atoms. The van der Waals surface area contributed by atoms with Gasteiger partial charge in [0, 0.05) is 23.4 Å². The molecule has 2 rings (SSSR count). The van der Waals surface area contributed by atoms with Gasteiger partial charge in [-0.1, -0.05) is 36.9 Å². The Bertz CT molecular complexity index is 871. The standard InChI is InChI=1S/C20H22F3N5/c1-13(2)25-17-12-18(28-19(27-17)15-7-5-4-6-8-15)26-16(9-10-24)11-14(3)20(21,22)23/h4-13H,3,24H2,1-2H3,(H2,25,26,27,28)/b10-9-,16-11+. The zero-order valence-electron chi connectivity index (χ0n) is 15.6. The first-order valence-electron chi connectivity index (χ1n) is 8.53. The molecule has 0 aliphatic carbocycles. The largest absolute Gasteiger partial charge is 0.415 e. The smallest absolute Gasteiger partial charge is 0.405 e. The van der Waals surface area contributed by atoms with Crippen LogP contribution in [0, 0.1) is 0 Å². The van der Waals surface area contributed by atoms with Crippen molar-refractivity contribution in [3.63, 3.8) is 0 Å². The number of nitrogens with zero attached hydrogens (tertiary/aromatic N) is 2. The molecule has 0 unspecified atom stereocenters. The van der Waals surface area contributed by atoms with Crippen molar-refractivity contribution in [1.29, 1.82) is 0 Å². The van der Waals surface area contributed by atoms with Crippen LogP contribution in [0.4, 0.5) is 24.8 Å². The summed E-state index contributed by atoms with van der Waals surface area (Å²) in [4.78, 5) is 8.89. The lowest BCUT2D eigenvalue weighted by Gasteiger charge is -2.14. The third-order valence-electron chi connectivity index (χ3n) is 3.44. The van der Waals surface area contributed by atoms with Gasteiger partial charge in [0.05, 0.1) is 5.57 Å². The molecule has 0 fully saturated rings. The van der Waals surface area contributed by atoms with E-state index < -0.39 is 11.7 Å². The van der Waals surface area contributed by atoms with Crippen LogP contribution in [0.2, 0.25) is 0 Å². The quantitative estimate of drug-likeness (QED) is 0.590. The molecule has 0 amide bonds. The van der Waals surface area contributed by atoms with Crippen LogP contribution in [0.5, 0.6) is 0 Å². The van der Waals surface area contributed by atoms with Crippen molar-refractivity contribution in [2.24, 2.45) is 5.73 Å². The summed E-state index contributed by atoms with van der Waals surface area (Å²) < 4.78 is 38.5. The number of aromatic nitrogens is 2. The lowest BCUT2D eigenvalue weighted by molar-refractivity contribution is -0.0878. The van der Waals surface area contributed by atoms with Crippen LogP contribution in [-0.2, 0) is 0 Å². The molecular formula is C20H22F3N5. The fraction of sp³-hybridized carbons (Fsp3) is 0.200. The van der Waals surface area contributed by atoms with Crippen LogP contribution in [0.3, 0.4) is 0 Å². The summed E-state index contributed by atoms with van der Waals surface area (Å²) >= 11 is 0. The predicted molar refractivity (Wildman–Crippen MR) is 106 cm³/mol. The summed E-state index contributed by atoms with van der Waals surface area (Å²) in [5.74, 6) is 1.29. The maximum absolute atomic E-state index is 12.8. The van der Waals surface area contributed by atoms with Crippen molar-refractivity contribution in [2.45, 2.75) is 26.1 Å². The van der Waals surface area contributed by atoms with E-state index in [0.717, 1.165) is 17.8 Å². The summed E-state index contributed by atoms with van der Waals surface area (Å²) in [6.45, 7) is 6.95. The van der Waals surface area contributed by atoms with Crippen molar-refractivity contribution < 1.29 is 13.2 Å². The molecule has 0 saturated carbocycles. The highest BCUT2D eigenvalue weighted by Gasteiger charge is 2.30. The lowest BCUT2D eigenvalue weighted by Crippen LogP contribution is -2.13. The van der Waals surface area contributed by atoms with Gasteiger partial charge in [0.2, 0.25) is 0 Å². The van der Waals surface area contributed by atoms with E-state index >= 15 is 0 Å². The van der Waals surface area contributed by atoms with E-state index in [1.807, 2.05) is 44.2 Å². The van der Waals surface area contributed by atoms with Crippen LogP contribution in [0.15, 0.2) is 72.6 Å². The number of alkyl halides is 3. The fourth-order valence-corrected chi connectivity index (χ4v) is 2.24. The third kappa shape index (κ3) is 6.15. The molecule has 0 radical (unpaired) electrons. The van der Waals surface area contributed by atoms with Gasteiger partial charge in [-0.25, -0.2) is 9.97 Å². The molecule has 8 heteroatoms. The molecule has 2 aromatic rings. The van der Waals surface area contributed by atoms with Crippen molar-refractivity contribution in [2.75, 3.05) is 10.6 Å². The molecule has 4 N–H and O–H groups in total. The Hall–Kier alpha value is -3.29. The number of allylic oxidation sites excluding steroid dienone is 3. The highest BCUT2D eigenvalue weighted by molar-refractivity contribution is 5.62. The topological polar surface area (TPSA) is 75.9 Å². The van der Waals surface area contributed by atoms with Crippen molar-refractivity contribution >= 4 is 11.6 Å². The second-order valence-corrected chi connectivity index (χ2v) is 6.23. The molecule has 0 bridgehead atoms. The highest BCUT2D eigenvalue weighted by atomic mass is 19.4. The molecule has 1 aromatic carbocycles. The molecule has 0 saturated heterocycles. The minimum Gasteiger partial charge on any atom is -0.405 e. The van der Waals surface area contributed by atoms with E-state index in [0.29, 0.717) is 17.5 Å². The fourth-order valence-electron chi connectivity index (χ4n) is 2.24. The van der Waals surface area contributed by atoms with E-state index in [-0.39, 0.29) is 11.7 Å². The van der Waals surface area contributed by atoms with E-state index in [2.05, 4.69) is 27.2 Å². The number of rotatable bonds is 7. The summed E-state index contributed by atoms with van der Waals surface area (Å²) in [5.41, 5.74) is 5.23. The average Bonchev–Trinajstić information content (AvgIpc) is 2.61. The first-order valence-corrected chi connectivity index (χ1v) is 8.53. The molecule has 28 heavy (non-hydrogen) atoms. The van der Waals surface area contributed by atoms with E-state index in [1.165, 1.54) is 6.08 Å². The molecular weight excluding hydrogens is 367 g/mol. The Kier molecular flexibility index (Phi) is 6.81. The molecule has 148 valence electrons. The highest BCUT2D eigenvalue weighted by Crippen LogP contribution is 2.27. The summed E-state index contributed by atoms with van der Waals surface area (Å²) in [6, 6.07) is 11.0. The molecule has 0 atom stereocenters. The molecule has 0 aliphatic rings. The van der Waals surface area contributed by atoms with Gasteiger partial charge in [0.25, 0.3) is 0 Å². The van der Waals surface area contributed by atoms with Crippen LogP contribution >= 0.6 is 0 Å². The molecule has 1 heterocycles. The SMILES string of the molecule is C=C(/C=C(\C=C/N)Nc1cc(NC(C)C)nc(-c2ccccc2)n1)C(F)(F)F. The average molecular weight is 389 g/mol.